The van der Waals surface area contributed by atoms with E-state index in [2.05, 4.69) is 185 Å². The van der Waals surface area contributed by atoms with Crippen LogP contribution in [0.25, 0.3) is 83.1 Å². The molecule has 0 bridgehead atoms. The highest BCUT2D eigenvalue weighted by Crippen LogP contribution is 2.41. The first kappa shape index (κ1) is 36.7. The third kappa shape index (κ3) is 6.59. The predicted octanol–water partition coefficient (Wildman–Crippen LogP) is 14.1. The molecule has 5 nitrogen and oxygen atoms in total. The van der Waals surface area contributed by atoms with E-state index in [1.165, 1.54) is 10.8 Å². The lowest BCUT2D eigenvalue weighted by molar-refractivity contribution is 0.979. The molecule has 0 unspecified atom stereocenters. The van der Waals surface area contributed by atoms with Crippen molar-refractivity contribution in [1.82, 2.24) is 14.2 Å². The second-order valence-electron chi connectivity index (χ2n) is 15.4. The molecule has 0 spiro atoms. The smallest absolute Gasteiger partial charge is 0.101 e. The molecule has 0 atom stereocenters. The third-order valence-electron chi connectivity index (χ3n) is 11.7. The number of benzene rings is 8. The largest absolute Gasteiger partial charge is 0.309 e. The fraction of sp³-hybridized carbons (Fsp3) is 0. The van der Waals surface area contributed by atoms with E-state index in [-0.39, 0.29) is 0 Å². The first-order valence-electron chi connectivity index (χ1n) is 20.8. The van der Waals surface area contributed by atoms with Gasteiger partial charge in [0.15, 0.2) is 0 Å². The molecular formula is C57H39N5. The Morgan fingerprint density at radius 3 is 1.73 bits per heavy atom. The second kappa shape index (κ2) is 15.6. The van der Waals surface area contributed by atoms with Gasteiger partial charge in [-0.25, -0.2) is 4.52 Å². The average molecular weight is 794 g/mol. The lowest BCUT2D eigenvalue weighted by Gasteiger charge is -2.11. The van der Waals surface area contributed by atoms with Crippen molar-refractivity contribution >= 4 is 55.7 Å². The van der Waals surface area contributed by atoms with Crippen LogP contribution in [0.4, 0.5) is 0 Å². The number of hydrogen-bond donors (Lipinski definition) is 1. The van der Waals surface area contributed by atoms with Crippen molar-refractivity contribution in [2.75, 3.05) is 0 Å². The molecular weight excluding hydrogens is 755 g/mol. The predicted molar refractivity (Wildman–Crippen MR) is 259 cm³/mol. The van der Waals surface area contributed by atoms with Crippen LogP contribution < -0.4 is 0 Å². The molecule has 0 aliphatic rings. The number of aromatic nitrogens is 3. The van der Waals surface area contributed by atoms with Gasteiger partial charge >= 0.3 is 0 Å². The molecule has 0 saturated carbocycles. The van der Waals surface area contributed by atoms with Crippen molar-refractivity contribution in [2.24, 2.45) is 4.99 Å². The van der Waals surface area contributed by atoms with Crippen LogP contribution in [-0.4, -0.2) is 26.1 Å². The van der Waals surface area contributed by atoms with Crippen molar-refractivity contribution in [1.29, 1.82) is 5.41 Å². The molecule has 3 aromatic heterocycles. The molecule has 11 aromatic rings. The molecule has 0 radical (unpaired) electrons. The topological polar surface area (TPSA) is 58.4 Å². The Hall–Kier alpha value is -8.41. The number of hydrogen-bond acceptors (Lipinski definition) is 3. The number of para-hydroxylation sites is 2. The van der Waals surface area contributed by atoms with E-state index in [9.17, 15) is 0 Å². The Morgan fingerprint density at radius 1 is 0.500 bits per heavy atom. The summed E-state index contributed by atoms with van der Waals surface area (Å²) < 4.78 is 4.43. The highest BCUT2D eigenvalue weighted by Gasteiger charge is 2.21. The van der Waals surface area contributed by atoms with E-state index in [0.29, 0.717) is 11.4 Å². The van der Waals surface area contributed by atoms with E-state index in [4.69, 9.17) is 15.5 Å². The quantitative estimate of drug-likeness (QED) is 0.145. The van der Waals surface area contributed by atoms with Gasteiger partial charge in [0.05, 0.1) is 33.7 Å². The zero-order chi connectivity index (χ0) is 41.4. The Kier molecular flexibility index (Phi) is 9.25. The van der Waals surface area contributed by atoms with Gasteiger partial charge in [-0.3, -0.25) is 4.99 Å². The van der Waals surface area contributed by atoms with Gasteiger partial charge in [0.1, 0.15) is 5.69 Å². The van der Waals surface area contributed by atoms with Crippen molar-refractivity contribution < 1.29 is 0 Å². The van der Waals surface area contributed by atoms with Crippen molar-refractivity contribution in [3.05, 3.63) is 241 Å². The number of nitrogens with one attached hydrogen (secondary N) is 1. The first-order valence-corrected chi connectivity index (χ1v) is 20.8. The van der Waals surface area contributed by atoms with Crippen LogP contribution in [0.3, 0.4) is 0 Å². The number of aliphatic imine (C=N–C) groups is 1. The Bertz CT molecular complexity index is 3430. The van der Waals surface area contributed by atoms with Crippen LogP contribution in [-0.2, 0) is 0 Å². The second-order valence-corrected chi connectivity index (χ2v) is 15.4. The molecule has 3 heterocycles. The van der Waals surface area contributed by atoms with Crippen LogP contribution in [0.1, 0.15) is 16.7 Å². The highest BCUT2D eigenvalue weighted by molar-refractivity contribution is 6.12. The SMILES string of the molecule is N=C(/C=C(\N=Cc1ccc(-c2c(-c3ccccc3)nn3c(-c4ccccc4)cc4ccccc4c23)cc1)c1ccc(-n2c3ccccc3c3ccccc32)cc1)c1ccccc1. The molecule has 11 rings (SSSR count). The third-order valence-corrected chi connectivity index (χ3v) is 11.7. The molecule has 0 fully saturated rings. The number of pyridine rings is 1. The standard InChI is InChI=1S/C57H39N5/c58-50(40-16-4-1-5-17-40)37-51(41-32-34-46(35-33-41)61-52-26-14-12-24-48(52)49-25-13-15-27-53(49)61)59-38-39-28-30-43(31-29-39)55-56(44-20-8-3-9-21-44)60-62-54(42-18-6-2-7-19-42)36-45-22-10-11-23-47(45)57(55)62/h1-38,58H/b51-37-,58-50?,59-38?. The Balaban J connectivity index is 0.998. The van der Waals surface area contributed by atoms with Crippen molar-refractivity contribution in [3.8, 4) is 39.3 Å². The van der Waals surface area contributed by atoms with Gasteiger partial charge in [-0.05, 0) is 58.5 Å². The van der Waals surface area contributed by atoms with Crippen LogP contribution in [0.15, 0.2) is 229 Å². The summed E-state index contributed by atoms with van der Waals surface area (Å²) in [6, 6.07) is 75.7. The van der Waals surface area contributed by atoms with E-state index in [0.717, 1.165) is 83.3 Å². The van der Waals surface area contributed by atoms with Crippen LogP contribution in [0.5, 0.6) is 0 Å². The van der Waals surface area contributed by atoms with E-state index >= 15 is 0 Å². The van der Waals surface area contributed by atoms with Crippen LogP contribution in [0.2, 0.25) is 0 Å². The Labute approximate surface area is 359 Å². The summed E-state index contributed by atoms with van der Waals surface area (Å²) in [4.78, 5) is 5.09. The van der Waals surface area contributed by atoms with Gasteiger partial charge in [0.2, 0.25) is 0 Å². The van der Waals surface area contributed by atoms with Gasteiger partial charge in [0.25, 0.3) is 0 Å². The van der Waals surface area contributed by atoms with Crippen LogP contribution >= 0.6 is 0 Å². The summed E-state index contributed by atoms with van der Waals surface area (Å²) in [6.45, 7) is 0. The maximum atomic E-state index is 9.06. The molecule has 62 heavy (non-hydrogen) atoms. The van der Waals surface area contributed by atoms with Gasteiger partial charge < -0.3 is 9.98 Å². The summed E-state index contributed by atoms with van der Waals surface area (Å²) in [5.41, 5.74) is 14.5. The lowest BCUT2D eigenvalue weighted by Crippen LogP contribution is -1.97. The van der Waals surface area contributed by atoms with E-state index < -0.39 is 0 Å². The summed E-state index contributed by atoms with van der Waals surface area (Å²) >= 11 is 0. The zero-order valence-electron chi connectivity index (χ0n) is 33.7. The van der Waals surface area contributed by atoms with Crippen molar-refractivity contribution in [3.63, 3.8) is 0 Å². The summed E-state index contributed by atoms with van der Waals surface area (Å²) in [5.74, 6) is 0. The van der Waals surface area contributed by atoms with Gasteiger partial charge in [-0.15, -0.1) is 0 Å². The monoisotopic (exact) mass is 793 g/mol. The molecule has 0 saturated heterocycles. The number of allylic oxidation sites excluding steroid dienone is 1. The normalized spacial score (nSPS) is 12.0. The molecule has 0 aliphatic heterocycles. The maximum Gasteiger partial charge on any atom is 0.101 e. The number of nitrogens with zero attached hydrogens (tertiary/aromatic N) is 4. The summed E-state index contributed by atoms with van der Waals surface area (Å²) in [7, 11) is 0. The molecule has 0 amide bonds. The van der Waals surface area contributed by atoms with Gasteiger partial charge in [0, 0.05) is 50.3 Å². The summed E-state index contributed by atoms with van der Waals surface area (Å²) in [6.07, 6.45) is 3.75. The van der Waals surface area contributed by atoms with Gasteiger partial charge in [-0.1, -0.05) is 188 Å². The van der Waals surface area contributed by atoms with Crippen molar-refractivity contribution in [2.45, 2.75) is 0 Å². The zero-order valence-corrected chi connectivity index (χ0v) is 33.7. The minimum Gasteiger partial charge on any atom is -0.309 e. The Morgan fingerprint density at radius 2 is 1.06 bits per heavy atom. The average Bonchev–Trinajstić information content (AvgIpc) is 3.91. The van der Waals surface area contributed by atoms with Gasteiger partial charge in [-0.2, -0.15) is 5.10 Å². The molecule has 8 aromatic carbocycles. The van der Waals surface area contributed by atoms with E-state index in [1.807, 2.05) is 54.8 Å². The highest BCUT2D eigenvalue weighted by atomic mass is 15.2. The molecule has 5 heteroatoms. The lowest BCUT2D eigenvalue weighted by atomic mass is 9.96. The number of rotatable bonds is 9. The minimum atomic E-state index is 0.392. The fourth-order valence-corrected chi connectivity index (χ4v) is 8.67. The molecule has 0 aliphatic carbocycles. The minimum absolute atomic E-state index is 0.392. The number of fused-ring (bicyclic) bond motifs is 6. The fourth-order valence-electron chi connectivity index (χ4n) is 8.67. The molecule has 292 valence electrons. The summed E-state index contributed by atoms with van der Waals surface area (Å²) in [5, 5.41) is 19.2. The molecule has 1 N–H and O–H groups in total. The van der Waals surface area contributed by atoms with E-state index in [1.54, 1.807) is 0 Å². The first-order chi connectivity index (χ1) is 30.7. The maximum absolute atomic E-state index is 9.06. The van der Waals surface area contributed by atoms with Crippen LogP contribution in [0, 0.1) is 5.41 Å².